The highest BCUT2D eigenvalue weighted by atomic mass is 15.3. The molecule has 6 heteroatoms. The number of hydrogen-bond donors (Lipinski definition) is 3. The van der Waals surface area contributed by atoms with Crippen LogP contribution in [-0.2, 0) is 6.42 Å². The Morgan fingerprint density at radius 3 is 2.65 bits per heavy atom. The second-order valence-electron chi connectivity index (χ2n) is 5.58. The van der Waals surface area contributed by atoms with Crippen molar-refractivity contribution in [1.29, 1.82) is 0 Å². The summed E-state index contributed by atoms with van der Waals surface area (Å²) < 4.78 is 0. The number of likely N-dealkylation sites (tertiary alicyclic amines) is 1. The minimum atomic E-state index is 0.675. The van der Waals surface area contributed by atoms with Gasteiger partial charge in [0.2, 0.25) is 0 Å². The molecule has 1 aromatic rings. The summed E-state index contributed by atoms with van der Waals surface area (Å²) in [6, 6.07) is 1.87. The van der Waals surface area contributed by atoms with Gasteiger partial charge in [-0.2, -0.15) is 0 Å². The summed E-state index contributed by atoms with van der Waals surface area (Å²) in [6.07, 6.45) is 4.40. The van der Waals surface area contributed by atoms with Gasteiger partial charge in [-0.15, -0.1) is 0 Å². The highest BCUT2D eigenvalue weighted by Gasteiger charge is 2.16. The molecule has 1 aliphatic rings. The average molecular weight is 278 g/mol. The van der Waals surface area contributed by atoms with E-state index in [-0.39, 0.29) is 0 Å². The van der Waals surface area contributed by atoms with E-state index in [1.54, 1.807) is 0 Å². The van der Waals surface area contributed by atoms with Crippen molar-refractivity contribution >= 4 is 11.6 Å². The summed E-state index contributed by atoms with van der Waals surface area (Å²) in [6.45, 7) is 5.47. The zero-order chi connectivity index (χ0) is 14.4. The average Bonchev–Trinajstić information content (AvgIpc) is 2.47. The van der Waals surface area contributed by atoms with Gasteiger partial charge in [0, 0.05) is 19.0 Å². The van der Waals surface area contributed by atoms with Gasteiger partial charge in [-0.05, 0) is 45.3 Å². The van der Waals surface area contributed by atoms with E-state index < -0.39 is 0 Å². The number of aromatic nitrogens is 2. The van der Waals surface area contributed by atoms with Crippen LogP contribution in [0.3, 0.4) is 0 Å². The van der Waals surface area contributed by atoms with Crippen molar-refractivity contribution in [2.45, 2.75) is 32.6 Å². The molecule has 0 unspecified atom stereocenters. The Labute approximate surface area is 121 Å². The number of anilines is 2. The van der Waals surface area contributed by atoms with Crippen LogP contribution in [-0.4, -0.2) is 41.5 Å². The zero-order valence-electron chi connectivity index (χ0n) is 12.5. The summed E-state index contributed by atoms with van der Waals surface area (Å²) in [5.74, 6) is 8.58. The molecule has 0 bridgehead atoms. The topological polar surface area (TPSA) is 79.1 Å². The summed E-state index contributed by atoms with van der Waals surface area (Å²) in [4.78, 5) is 11.3. The zero-order valence-corrected chi connectivity index (χ0v) is 12.5. The van der Waals surface area contributed by atoms with Gasteiger partial charge < -0.3 is 15.6 Å². The number of nitrogens with one attached hydrogen (secondary N) is 2. The molecular weight excluding hydrogens is 252 g/mol. The molecule has 20 heavy (non-hydrogen) atoms. The molecule has 1 saturated heterocycles. The molecule has 1 fully saturated rings. The van der Waals surface area contributed by atoms with E-state index in [2.05, 4.69) is 39.6 Å². The first kappa shape index (κ1) is 15.0. The van der Waals surface area contributed by atoms with Gasteiger partial charge in [0.1, 0.15) is 17.5 Å². The quantitative estimate of drug-likeness (QED) is 0.540. The fourth-order valence-electron chi connectivity index (χ4n) is 2.51. The number of hydrazine groups is 1. The van der Waals surface area contributed by atoms with Crippen molar-refractivity contribution < 1.29 is 0 Å². The highest BCUT2D eigenvalue weighted by Crippen LogP contribution is 2.18. The molecule has 4 N–H and O–H groups in total. The third-order valence-corrected chi connectivity index (χ3v) is 3.80. The third kappa shape index (κ3) is 4.31. The monoisotopic (exact) mass is 278 g/mol. The predicted molar refractivity (Wildman–Crippen MR) is 82.5 cm³/mol. The van der Waals surface area contributed by atoms with E-state index in [0.717, 1.165) is 36.9 Å². The third-order valence-electron chi connectivity index (χ3n) is 3.80. The van der Waals surface area contributed by atoms with Gasteiger partial charge >= 0.3 is 0 Å². The smallest absolute Gasteiger partial charge is 0.145 e. The van der Waals surface area contributed by atoms with E-state index >= 15 is 0 Å². The first-order valence-electron chi connectivity index (χ1n) is 7.48. The van der Waals surface area contributed by atoms with Gasteiger partial charge in [0.25, 0.3) is 0 Å². The Kier molecular flexibility index (Phi) is 5.55. The second-order valence-corrected chi connectivity index (χ2v) is 5.58. The maximum Gasteiger partial charge on any atom is 0.145 e. The van der Waals surface area contributed by atoms with Crippen LogP contribution in [0.1, 0.15) is 32.0 Å². The van der Waals surface area contributed by atoms with Crippen LogP contribution >= 0.6 is 0 Å². The molecule has 0 amide bonds. The number of nitrogen functional groups attached to an aromatic ring is 1. The molecule has 0 spiro atoms. The first-order chi connectivity index (χ1) is 9.71. The molecule has 2 heterocycles. The van der Waals surface area contributed by atoms with E-state index in [9.17, 15) is 0 Å². The molecule has 0 atom stereocenters. The van der Waals surface area contributed by atoms with Crippen molar-refractivity contribution in [3.63, 3.8) is 0 Å². The van der Waals surface area contributed by atoms with Gasteiger partial charge in [-0.1, -0.05) is 6.92 Å². The molecule has 0 aliphatic carbocycles. The maximum atomic E-state index is 5.46. The van der Waals surface area contributed by atoms with E-state index in [4.69, 9.17) is 5.84 Å². The van der Waals surface area contributed by atoms with Gasteiger partial charge in [-0.3, -0.25) is 0 Å². The second kappa shape index (κ2) is 7.40. The van der Waals surface area contributed by atoms with E-state index in [1.165, 1.54) is 25.9 Å². The lowest BCUT2D eigenvalue weighted by Gasteiger charge is -2.29. The van der Waals surface area contributed by atoms with Crippen molar-refractivity contribution in [2.75, 3.05) is 37.4 Å². The molecule has 1 aliphatic heterocycles. The molecule has 112 valence electrons. The minimum absolute atomic E-state index is 0.675. The Hall–Kier alpha value is -1.40. The number of nitrogens with two attached hydrogens (primary N) is 1. The normalized spacial score (nSPS) is 17.1. The molecular formula is C14H26N6. The molecule has 0 radical (unpaired) electrons. The Morgan fingerprint density at radius 2 is 2.00 bits per heavy atom. The minimum Gasteiger partial charge on any atom is -0.370 e. The largest absolute Gasteiger partial charge is 0.370 e. The molecule has 1 aromatic heterocycles. The number of piperidine rings is 1. The van der Waals surface area contributed by atoms with Crippen molar-refractivity contribution in [2.24, 2.45) is 11.8 Å². The van der Waals surface area contributed by atoms with Crippen LogP contribution in [0, 0.1) is 5.92 Å². The van der Waals surface area contributed by atoms with Crippen molar-refractivity contribution in [3.8, 4) is 0 Å². The van der Waals surface area contributed by atoms with E-state index in [0.29, 0.717) is 5.82 Å². The van der Waals surface area contributed by atoms with Crippen LogP contribution in [0.15, 0.2) is 6.07 Å². The number of aryl methyl sites for hydroxylation is 1. The Balaban J connectivity index is 1.92. The lowest BCUT2D eigenvalue weighted by atomic mass is 9.97. The van der Waals surface area contributed by atoms with Gasteiger partial charge in [-0.25, -0.2) is 15.8 Å². The molecule has 6 nitrogen and oxygen atoms in total. The van der Waals surface area contributed by atoms with Crippen molar-refractivity contribution in [1.82, 2.24) is 14.9 Å². The number of rotatable bonds is 6. The summed E-state index contributed by atoms with van der Waals surface area (Å²) in [7, 11) is 2.18. The summed E-state index contributed by atoms with van der Waals surface area (Å²) >= 11 is 0. The summed E-state index contributed by atoms with van der Waals surface area (Å²) in [5, 5.41) is 3.44. The van der Waals surface area contributed by atoms with Crippen molar-refractivity contribution in [3.05, 3.63) is 11.9 Å². The first-order valence-corrected chi connectivity index (χ1v) is 7.48. The molecule has 0 saturated carbocycles. The Morgan fingerprint density at radius 1 is 1.30 bits per heavy atom. The SMILES string of the molecule is CCCc1nc(NN)cc(NCC2CCN(C)CC2)n1. The Bertz CT molecular complexity index is 414. The van der Waals surface area contributed by atoms with Crippen LogP contribution in [0.25, 0.3) is 0 Å². The van der Waals surface area contributed by atoms with Crippen LogP contribution < -0.4 is 16.6 Å². The van der Waals surface area contributed by atoms with Crippen LogP contribution in [0.2, 0.25) is 0 Å². The maximum absolute atomic E-state index is 5.46. The number of hydrogen-bond acceptors (Lipinski definition) is 6. The van der Waals surface area contributed by atoms with Gasteiger partial charge in [0.05, 0.1) is 0 Å². The van der Waals surface area contributed by atoms with E-state index in [1.807, 2.05) is 6.07 Å². The lowest BCUT2D eigenvalue weighted by Crippen LogP contribution is -2.33. The standard InChI is InChI=1S/C14H26N6/c1-3-4-12-17-13(9-14(18-12)19-15)16-10-11-5-7-20(2)8-6-11/h9,11H,3-8,10,15H2,1-2H3,(H2,16,17,18,19). The van der Waals surface area contributed by atoms with Crippen LogP contribution in [0.4, 0.5) is 11.6 Å². The van der Waals surface area contributed by atoms with Gasteiger partial charge in [0.15, 0.2) is 0 Å². The highest BCUT2D eigenvalue weighted by molar-refractivity contribution is 5.46. The molecule has 2 rings (SSSR count). The predicted octanol–water partition coefficient (Wildman–Crippen LogP) is 1.47. The fraction of sp³-hybridized carbons (Fsp3) is 0.714. The number of nitrogens with zero attached hydrogens (tertiary/aromatic N) is 3. The fourth-order valence-corrected chi connectivity index (χ4v) is 2.51. The summed E-state index contributed by atoms with van der Waals surface area (Å²) in [5.41, 5.74) is 2.61. The lowest BCUT2D eigenvalue weighted by molar-refractivity contribution is 0.226. The van der Waals surface area contributed by atoms with Crippen LogP contribution in [0.5, 0.6) is 0 Å². The molecule has 0 aromatic carbocycles.